The Kier molecular flexibility index (Phi) is 5.50. The molecule has 1 atom stereocenters. The van der Waals surface area contributed by atoms with Crippen molar-refractivity contribution in [2.75, 3.05) is 0 Å². The maximum absolute atomic E-state index is 7.30. The molecule has 0 amide bonds. The Balaban J connectivity index is 0.00000176. The number of halogens is 2. The molecule has 3 rings (SSSR count). The molecule has 0 radical (unpaired) electrons. The van der Waals surface area contributed by atoms with Crippen molar-refractivity contribution in [1.82, 2.24) is 0 Å². The van der Waals surface area contributed by atoms with E-state index in [1.165, 1.54) is 0 Å². The van der Waals surface area contributed by atoms with Crippen molar-refractivity contribution in [2.24, 2.45) is 0 Å². The van der Waals surface area contributed by atoms with Crippen molar-refractivity contribution >= 4 is 41.1 Å². The van der Waals surface area contributed by atoms with Gasteiger partial charge in [-0.25, -0.2) is 0 Å². The molecule has 0 nitrogen and oxygen atoms in total. The van der Waals surface area contributed by atoms with Crippen LogP contribution in [0.25, 0.3) is 0 Å². The van der Waals surface area contributed by atoms with E-state index in [4.69, 9.17) is 19.1 Å². The van der Waals surface area contributed by atoms with Crippen molar-refractivity contribution in [1.29, 1.82) is 0 Å². The van der Waals surface area contributed by atoms with Crippen molar-refractivity contribution in [3.8, 4) is 0 Å². The van der Waals surface area contributed by atoms with E-state index in [9.17, 15) is 0 Å². The Morgan fingerprint density at radius 1 is 0.455 bits per heavy atom. The summed E-state index contributed by atoms with van der Waals surface area (Å²) in [6.07, 6.45) is 0. The van der Waals surface area contributed by atoms with Crippen molar-refractivity contribution in [3.05, 3.63) is 91.0 Å². The predicted octanol–water partition coefficient (Wildman–Crippen LogP) is 4.02. The molecule has 4 heteroatoms. The van der Waals surface area contributed by atoms with Gasteiger partial charge in [0.05, 0.1) is 0 Å². The summed E-state index contributed by atoms with van der Waals surface area (Å²) in [4.78, 5) is 0. The molecule has 1 unspecified atom stereocenters. The van der Waals surface area contributed by atoms with E-state index in [0.717, 1.165) is 12.1 Å². The fourth-order valence-corrected chi connectivity index (χ4v) is 10.1. The van der Waals surface area contributed by atoms with Crippen LogP contribution in [0.2, 0.25) is 0 Å². The van der Waals surface area contributed by atoms with Crippen LogP contribution in [-0.2, 0) is 12.3 Å². The van der Waals surface area contributed by atoms with Gasteiger partial charge in [-0.1, -0.05) is 0 Å². The zero-order valence-corrected chi connectivity index (χ0v) is 16.4. The molecular weight excluding hydrogens is 424 g/mol. The van der Waals surface area contributed by atoms with Crippen molar-refractivity contribution in [3.63, 3.8) is 0 Å². The van der Waals surface area contributed by atoms with Crippen molar-refractivity contribution in [2.45, 2.75) is 0 Å². The van der Waals surface area contributed by atoms with Gasteiger partial charge in [-0.2, -0.15) is 9.90 Å². The van der Waals surface area contributed by atoms with Crippen LogP contribution < -0.4 is 12.1 Å². The van der Waals surface area contributed by atoms with Crippen LogP contribution in [0.5, 0.6) is 0 Å². The first-order chi connectivity index (χ1) is 10.1. The molecular formula is C18H18Cl2PPd. The summed E-state index contributed by atoms with van der Waals surface area (Å²) in [7, 11) is 14.6. The first-order valence-corrected chi connectivity index (χ1v) is 12.8. The minimum absolute atomic E-state index is 0. The van der Waals surface area contributed by atoms with Crippen molar-refractivity contribution < 1.29 is 12.3 Å². The molecule has 0 spiro atoms. The summed E-state index contributed by atoms with van der Waals surface area (Å²) in [5, 5.41) is 0. The first kappa shape index (κ1) is 17.7. The van der Waals surface area contributed by atoms with E-state index in [1.807, 2.05) is 91.0 Å². The van der Waals surface area contributed by atoms with Gasteiger partial charge in [0.25, 0.3) is 0 Å². The molecule has 0 saturated carbocycles. The number of hydrogen-bond donors (Lipinski definition) is 0. The van der Waals surface area contributed by atoms with Gasteiger partial charge >= 0.3 is 134 Å². The van der Waals surface area contributed by atoms with Gasteiger partial charge in [-0.05, 0) is 0 Å². The Bertz CT molecular complexity index is 627. The van der Waals surface area contributed by atoms with E-state index in [0.29, 0.717) is 0 Å². The minimum atomic E-state index is -3.85. The van der Waals surface area contributed by atoms with Gasteiger partial charge in [0.1, 0.15) is 0 Å². The Morgan fingerprint density at radius 2 is 0.682 bits per heavy atom. The number of hydrogen-bond acceptors (Lipinski definition) is 0. The van der Waals surface area contributed by atoms with Crippen LogP contribution >= 0.6 is 29.0 Å². The second-order valence-corrected chi connectivity index (χ2v) is 16.6. The second-order valence-electron chi connectivity index (χ2n) is 4.42. The summed E-state index contributed by atoms with van der Waals surface area (Å²) in [5.74, 6) is 0. The predicted molar refractivity (Wildman–Crippen MR) is 101 cm³/mol. The van der Waals surface area contributed by atoms with Crippen LogP contribution in [-0.4, -0.2) is 0 Å². The molecule has 0 aliphatic carbocycles. The molecule has 0 aliphatic heterocycles. The first-order valence-electron chi connectivity index (χ1n) is 6.45. The third-order valence-corrected chi connectivity index (χ3v) is 14.3. The molecule has 119 valence electrons. The zero-order chi connectivity index (χ0) is 14.8. The normalized spacial score (nSPS) is 12.7. The Labute approximate surface area is 143 Å². The molecule has 0 aromatic heterocycles. The van der Waals surface area contributed by atoms with E-state index in [1.54, 1.807) is 0 Å². The molecule has 0 heterocycles. The monoisotopic (exact) mass is 441 g/mol. The topological polar surface area (TPSA) is 0 Å². The molecule has 0 bridgehead atoms. The van der Waals surface area contributed by atoms with Crippen LogP contribution in [0.15, 0.2) is 91.0 Å². The van der Waals surface area contributed by atoms with E-state index >= 15 is 0 Å². The summed E-state index contributed by atoms with van der Waals surface area (Å²) in [6, 6.07) is 30.0. The summed E-state index contributed by atoms with van der Waals surface area (Å²) in [6.45, 7) is 0. The SMILES string of the molecule is P.[Cl][Pd]([Cl])([c]1ccccc1)([c]1ccccc1)[c]1ccccc1. The van der Waals surface area contributed by atoms with Gasteiger partial charge in [0, 0.05) is 0 Å². The molecule has 3 aromatic rings. The average Bonchev–Trinajstić information content (AvgIpc) is 2.57. The Hall–Kier alpha value is -0.668. The van der Waals surface area contributed by atoms with Crippen LogP contribution in [0.4, 0.5) is 0 Å². The average molecular weight is 443 g/mol. The summed E-state index contributed by atoms with van der Waals surface area (Å²) >= 11 is -3.85. The quantitative estimate of drug-likeness (QED) is 0.425. The van der Waals surface area contributed by atoms with Crippen LogP contribution in [0.3, 0.4) is 0 Å². The molecule has 0 aliphatic rings. The molecule has 22 heavy (non-hydrogen) atoms. The van der Waals surface area contributed by atoms with Gasteiger partial charge < -0.3 is 0 Å². The fraction of sp³-hybridized carbons (Fsp3) is 0. The summed E-state index contributed by atoms with van der Waals surface area (Å²) < 4.78 is 2.98. The third kappa shape index (κ3) is 2.90. The summed E-state index contributed by atoms with van der Waals surface area (Å²) in [5.41, 5.74) is 0. The molecule has 0 fully saturated rings. The third-order valence-electron chi connectivity index (χ3n) is 3.10. The molecule has 0 N–H and O–H groups in total. The zero-order valence-electron chi connectivity index (χ0n) is 11.9. The van der Waals surface area contributed by atoms with Gasteiger partial charge in [0.2, 0.25) is 0 Å². The van der Waals surface area contributed by atoms with E-state index < -0.39 is 12.3 Å². The maximum atomic E-state index is 7.30. The molecule has 0 saturated heterocycles. The number of benzene rings is 3. The standard InChI is InChI=1S/3C6H5.2ClH.H3P.Pd/c3*1-2-4-6-5-3-1;;;;/h3*1-5H;2*1H;1H3;/q;;;;;;+2/p-2. The van der Waals surface area contributed by atoms with E-state index in [2.05, 4.69) is 0 Å². The van der Waals surface area contributed by atoms with Gasteiger partial charge in [-0.3, -0.25) is 0 Å². The number of rotatable bonds is 3. The fourth-order valence-electron chi connectivity index (χ4n) is 2.08. The Morgan fingerprint density at radius 3 is 0.909 bits per heavy atom. The van der Waals surface area contributed by atoms with Crippen LogP contribution in [0, 0.1) is 0 Å². The van der Waals surface area contributed by atoms with Crippen LogP contribution in [0.1, 0.15) is 0 Å². The second kappa shape index (κ2) is 6.84. The van der Waals surface area contributed by atoms with Gasteiger partial charge in [0.15, 0.2) is 0 Å². The van der Waals surface area contributed by atoms with E-state index in [-0.39, 0.29) is 9.90 Å². The molecule has 3 aromatic carbocycles. The van der Waals surface area contributed by atoms with Gasteiger partial charge in [-0.15, -0.1) is 0 Å².